The van der Waals surface area contributed by atoms with Crippen LogP contribution in [0.1, 0.15) is 13.8 Å². The normalized spacial score (nSPS) is 8.20. The van der Waals surface area contributed by atoms with Gasteiger partial charge < -0.3 is 4.74 Å². The number of rotatable bonds is 3. The fourth-order valence-corrected chi connectivity index (χ4v) is 0.349. The van der Waals surface area contributed by atoms with E-state index in [1.165, 1.54) is 0 Å². The van der Waals surface area contributed by atoms with Crippen molar-refractivity contribution in [3.63, 3.8) is 0 Å². The molecule has 0 radical (unpaired) electrons. The second-order valence-electron chi connectivity index (χ2n) is 2.12. The zero-order chi connectivity index (χ0) is 7.98. The molecule has 0 aliphatic carbocycles. The molecule has 0 atom stereocenters. The van der Waals surface area contributed by atoms with E-state index in [9.17, 15) is 4.79 Å². The summed E-state index contributed by atoms with van der Waals surface area (Å²) >= 11 is 0. The molecule has 0 spiro atoms. The van der Waals surface area contributed by atoms with Crippen LogP contribution in [-0.2, 0) is 9.53 Å². The Labute approximate surface area is 61.2 Å². The molecule has 0 aliphatic rings. The molecule has 56 valence electrons. The smallest absolute Gasteiger partial charge is 0.330 e. The topological polar surface area (TPSA) is 26.3 Å². The summed E-state index contributed by atoms with van der Waals surface area (Å²) in [5.41, 5.74) is 1.14. The van der Waals surface area contributed by atoms with Crippen LogP contribution in [0.25, 0.3) is 0 Å². The number of esters is 1. The maximum atomic E-state index is 10.4. The van der Waals surface area contributed by atoms with Gasteiger partial charge in [-0.1, -0.05) is 12.2 Å². The molecule has 0 heterocycles. The predicted molar refractivity (Wildman–Crippen MR) is 40.6 cm³/mol. The minimum Gasteiger partial charge on any atom is -0.458 e. The summed E-state index contributed by atoms with van der Waals surface area (Å²) in [6.45, 7) is 7.50. The quantitative estimate of drug-likeness (QED) is 0.338. The van der Waals surface area contributed by atoms with Crippen LogP contribution in [0.3, 0.4) is 0 Å². The van der Waals surface area contributed by atoms with E-state index in [4.69, 9.17) is 0 Å². The van der Waals surface area contributed by atoms with Gasteiger partial charge in [0.2, 0.25) is 0 Å². The van der Waals surface area contributed by atoms with Crippen LogP contribution >= 0.6 is 0 Å². The van der Waals surface area contributed by atoms with Crippen molar-refractivity contribution < 1.29 is 9.53 Å². The predicted octanol–water partition coefficient (Wildman–Crippen LogP) is 1.68. The fraction of sp³-hybridized carbons (Fsp3) is 0.375. The number of ether oxygens (including phenoxy) is 1. The van der Waals surface area contributed by atoms with Crippen LogP contribution in [-0.4, -0.2) is 12.6 Å². The molecule has 2 heteroatoms. The van der Waals surface area contributed by atoms with E-state index >= 15 is 0 Å². The molecular weight excluding hydrogens is 128 g/mol. The minimum absolute atomic E-state index is 0.340. The number of carbonyl (C=O) groups is 1. The molecule has 0 amide bonds. The highest BCUT2D eigenvalue weighted by Gasteiger charge is 1.89. The molecular formula is C8H12O2. The lowest BCUT2D eigenvalue weighted by Crippen LogP contribution is -1.99. The molecule has 0 unspecified atom stereocenters. The van der Waals surface area contributed by atoms with Crippen LogP contribution in [0, 0.1) is 0 Å². The largest absolute Gasteiger partial charge is 0.458 e. The summed E-state index contributed by atoms with van der Waals surface area (Å²) in [6, 6.07) is 0. The Morgan fingerprint density at radius 3 is 2.60 bits per heavy atom. The van der Waals surface area contributed by atoms with Gasteiger partial charge >= 0.3 is 5.97 Å². The van der Waals surface area contributed by atoms with Crippen LogP contribution < -0.4 is 0 Å². The Morgan fingerprint density at radius 1 is 1.60 bits per heavy atom. The van der Waals surface area contributed by atoms with Gasteiger partial charge in [0.25, 0.3) is 0 Å². The van der Waals surface area contributed by atoms with E-state index in [-0.39, 0.29) is 5.97 Å². The summed E-state index contributed by atoms with van der Waals surface area (Å²) < 4.78 is 4.67. The van der Waals surface area contributed by atoms with Gasteiger partial charge in [0, 0.05) is 6.08 Å². The molecule has 0 N–H and O–H groups in total. The standard InChI is InChI=1S/C8H12O2/c1-4-8(9)10-6-5-7(2)3/h4-5H,1,6H2,2-3H3. The molecule has 10 heavy (non-hydrogen) atoms. The van der Waals surface area contributed by atoms with E-state index in [1.54, 1.807) is 0 Å². The second kappa shape index (κ2) is 4.79. The van der Waals surface area contributed by atoms with Crippen LogP contribution in [0.2, 0.25) is 0 Å². The van der Waals surface area contributed by atoms with Gasteiger partial charge in [0.05, 0.1) is 0 Å². The Bertz CT molecular complexity index is 153. The lowest BCUT2D eigenvalue weighted by Gasteiger charge is -1.95. The Hall–Kier alpha value is -1.05. The van der Waals surface area contributed by atoms with Crippen molar-refractivity contribution in [1.82, 2.24) is 0 Å². The fourth-order valence-electron chi connectivity index (χ4n) is 0.349. The number of hydrogen-bond acceptors (Lipinski definition) is 2. The molecule has 0 rings (SSSR count). The summed E-state index contributed by atoms with van der Waals surface area (Å²) in [5.74, 6) is -0.377. The lowest BCUT2D eigenvalue weighted by molar-refractivity contribution is -0.136. The van der Waals surface area contributed by atoms with Gasteiger partial charge in [-0.25, -0.2) is 4.79 Å². The summed E-state index contributed by atoms with van der Waals surface area (Å²) in [4.78, 5) is 10.4. The highest BCUT2D eigenvalue weighted by Crippen LogP contribution is 1.88. The van der Waals surface area contributed by atoms with Gasteiger partial charge in [-0.05, 0) is 19.9 Å². The lowest BCUT2D eigenvalue weighted by atomic mass is 10.3. The van der Waals surface area contributed by atoms with Crippen molar-refractivity contribution in [3.05, 3.63) is 24.3 Å². The molecule has 0 aromatic rings. The van der Waals surface area contributed by atoms with E-state index in [0.717, 1.165) is 11.6 Å². The van der Waals surface area contributed by atoms with E-state index < -0.39 is 0 Å². The average molecular weight is 140 g/mol. The molecule has 0 saturated heterocycles. The first-order chi connectivity index (χ1) is 4.66. The van der Waals surface area contributed by atoms with Crippen LogP contribution in [0.4, 0.5) is 0 Å². The van der Waals surface area contributed by atoms with Gasteiger partial charge in [0.15, 0.2) is 0 Å². The van der Waals surface area contributed by atoms with Crippen molar-refractivity contribution in [2.45, 2.75) is 13.8 Å². The van der Waals surface area contributed by atoms with Crippen molar-refractivity contribution >= 4 is 5.97 Å². The number of allylic oxidation sites excluding steroid dienone is 1. The zero-order valence-corrected chi connectivity index (χ0v) is 6.39. The third-order valence-electron chi connectivity index (χ3n) is 0.884. The molecule has 0 bridgehead atoms. The van der Waals surface area contributed by atoms with Crippen molar-refractivity contribution in [2.75, 3.05) is 6.61 Å². The van der Waals surface area contributed by atoms with E-state index in [2.05, 4.69) is 11.3 Å². The van der Waals surface area contributed by atoms with Gasteiger partial charge in [-0.3, -0.25) is 0 Å². The van der Waals surface area contributed by atoms with Gasteiger partial charge in [-0.15, -0.1) is 0 Å². The Kier molecular flexibility index (Phi) is 4.29. The summed E-state index contributed by atoms with van der Waals surface area (Å²) in [6.07, 6.45) is 2.99. The van der Waals surface area contributed by atoms with E-state index in [1.807, 2.05) is 19.9 Å². The Morgan fingerprint density at radius 2 is 2.20 bits per heavy atom. The molecule has 0 fully saturated rings. The van der Waals surface area contributed by atoms with Crippen molar-refractivity contribution in [1.29, 1.82) is 0 Å². The second-order valence-corrected chi connectivity index (χ2v) is 2.12. The number of hydrogen-bond donors (Lipinski definition) is 0. The highest BCUT2D eigenvalue weighted by atomic mass is 16.5. The van der Waals surface area contributed by atoms with Gasteiger partial charge in [0.1, 0.15) is 6.61 Å². The summed E-state index contributed by atoms with van der Waals surface area (Å²) in [5, 5.41) is 0. The monoisotopic (exact) mass is 140 g/mol. The third kappa shape index (κ3) is 5.09. The SMILES string of the molecule is C=CC(=O)OCC=C(C)C. The van der Waals surface area contributed by atoms with Crippen LogP contribution in [0.5, 0.6) is 0 Å². The van der Waals surface area contributed by atoms with Crippen molar-refractivity contribution in [2.24, 2.45) is 0 Å². The van der Waals surface area contributed by atoms with Gasteiger partial charge in [-0.2, -0.15) is 0 Å². The minimum atomic E-state index is -0.377. The first-order valence-electron chi connectivity index (χ1n) is 3.09. The van der Waals surface area contributed by atoms with Crippen LogP contribution in [0.15, 0.2) is 24.3 Å². The Balaban J connectivity index is 3.46. The first kappa shape index (κ1) is 8.95. The molecule has 0 aromatic heterocycles. The van der Waals surface area contributed by atoms with Crippen molar-refractivity contribution in [3.8, 4) is 0 Å². The average Bonchev–Trinajstić information content (AvgIpc) is 1.87. The zero-order valence-electron chi connectivity index (χ0n) is 6.39. The van der Waals surface area contributed by atoms with E-state index in [0.29, 0.717) is 6.61 Å². The summed E-state index contributed by atoms with van der Waals surface area (Å²) in [7, 11) is 0. The maximum Gasteiger partial charge on any atom is 0.330 e. The highest BCUT2D eigenvalue weighted by molar-refractivity contribution is 5.81. The molecule has 2 nitrogen and oxygen atoms in total. The first-order valence-corrected chi connectivity index (χ1v) is 3.09. The number of carbonyl (C=O) groups excluding carboxylic acids is 1. The molecule has 0 aliphatic heterocycles. The molecule has 0 aromatic carbocycles. The third-order valence-corrected chi connectivity index (χ3v) is 0.884. The molecule has 0 saturated carbocycles. The maximum absolute atomic E-state index is 10.4.